The molecule has 2 aromatic carbocycles. The maximum atomic E-state index is 12.6. The van der Waals surface area contributed by atoms with Crippen LogP contribution in [0.4, 0.5) is 0 Å². The maximum absolute atomic E-state index is 12.6. The first-order valence-corrected chi connectivity index (χ1v) is 9.56. The Morgan fingerprint density at radius 3 is 2.26 bits per heavy atom. The van der Waals surface area contributed by atoms with E-state index in [1.54, 1.807) is 7.05 Å². The molecule has 142 valence electrons. The first-order chi connectivity index (χ1) is 13.2. The van der Waals surface area contributed by atoms with Gasteiger partial charge >= 0.3 is 0 Å². The molecule has 0 aromatic heterocycles. The summed E-state index contributed by atoms with van der Waals surface area (Å²) in [6, 6.07) is 16.2. The summed E-state index contributed by atoms with van der Waals surface area (Å²) in [7, 11) is 1.57. The van der Waals surface area contributed by atoms with Gasteiger partial charge in [-0.25, -0.2) is 0 Å². The molecule has 27 heavy (non-hydrogen) atoms. The third-order valence-electron chi connectivity index (χ3n) is 4.99. The SMILES string of the molecule is CNC(=O)C(NC(=O)c1ccc(CN2CCCCC2)cc1)c1ccccc1. The average molecular weight is 365 g/mol. The average Bonchev–Trinajstić information content (AvgIpc) is 2.73. The fraction of sp³-hybridized carbons (Fsp3) is 0.364. The van der Waals surface area contributed by atoms with Gasteiger partial charge in [0.05, 0.1) is 0 Å². The minimum Gasteiger partial charge on any atom is -0.357 e. The zero-order chi connectivity index (χ0) is 19.1. The van der Waals surface area contributed by atoms with Crippen molar-refractivity contribution in [1.82, 2.24) is 15.5 Å². The second kappa shape index (κ2) is 9.33. The lowest BCUT2D eigenvalue weighted by Crippen LogP contribution is -2.39. The minimum atomic E-state index is -0.711. The summed E-state index contributed by atoms with van der Waals surface area (Å²) >= 11 is 0. The summed E-state index contributed by atoms with van der Waals surface area (Å²) in [5, 5.41) is 5.46. The Kier molecular flexibility index (Phi) is 6.60. The van der Waals surface area contributed by atoms with Crippen molar-refractivity contribution in [1.29, 1.82) is 0 Å². The number of piperidine rings is 1. The van der Waals surface area contributed by atoms with Crippen molar-refractivity contribution >= 4 is 11.8 Å². The van der Waals surface area contributed by atoms with Gasteiger partial charge in [-0.15, -0.1) is 0 Å². The van der Waals surface area contributed by atoms with Gasteiger partial charge in [-0.3, -0.25) is 14.5 Å². The van der Waals surface area contributed by atoms with E-state index < -0.39 is 6.04 Å². The van der Waals surface area contributed by atoms with Crippen LogP contribution in [0.15, 0.2) is 54.6 Å². The van der Waals surface area contributed by atoms with Crippen molar-refractivity contribution in [3.05, 3.63) is 71.3 Å². The van der Waals surface area contributed by atoms with E-state index in [9.17, 15) is 9.59 Å². The normalized spacial score (nSPS) is 15.7. The van der Waals surface area contributed by atoms with Gasteiger partial charge < -0.3 is 10.6 Å². The molecule has 0 aliphatic carbocycles. The van der Waals surface area contributed by atoms with Gasteiger partial charge in [-0.1, -0.05) is 48.9 Å². The Morgan fingerprint density at radius 2 is 1.63 bits per heavy atom. The Hall–Kier alpha value is -2.66. The molecule has 1 fully saturated rings. The molecule has 0 radical (unpaired) electrons. The van der Waals surface area contributed by atoms with Crippen LogP contribution in [0, 0.1) is 0 Å². The minimum absolute atomic E-state index is 0.240. The molecule has 2 amide bonds. The van der Waals surface area contributed by atoms with Gasteiger partial charge in [0.25, 0.3) is 5.91 Å². The van der Waals surface area contributed by atoms with Crippen LogP contribution in [0.5, 0.6) is 0 Å². The number of carbonyl (C=O) groups is 2. The van der Waals surface area contributed by atoms with Gasteiger partial charge in [0.15, 0.2) is 0 Å². The number of hydrogen-bond donors (Lipinski definition) is 2. The zero-order valence-corrected chi connectivity index (χ0v) is 15.8. The van der Waals surface area contributed by atoms with Crippen LogP contribution in [0.25, 0.3) is 0 Å². The summed E-state index contributed by atoms with van der Waals surface area (Å²) in [5.41, 5.74) is 2.52. The van der Waals surface area contributed by atoms with Gasteiger partial charge in [0, 0.05) is 19.2 Å². The van der Waals surface area contributed by atoms with Crippen LogP contribution in [0.2, 0.25) is 0 Å². The molecule has 1 atom stereocenters. The standard InChI is InChI=1S/C22H27N3O2/c1-23-22(27)20(18-8-4-2-5-9-18)24-21(26)19-12-10-17(11-13-19)16-25-14-6-3-7-15-25/h2,4-5,8-13,20H,3,6-7,14-16H2,1H3,(H,23,27)(H,24,26). The van der Waals surface area contributed by atoms with Crippen LogP contribution >= 0.6 is 0 Å². The number of likely N-dealkylation sites (tertiary alicyclic amines) is 1. The zero-order valence-electron chi connectivity index (χ0n) is 15.8. The van der Waals surface area contributed by atoms with E-state index in [2.05, 4.69) is 15.5 Å². The highest BCUT2D eigenvalue weighted by Crippen LogP contribution is 2.16. The first kappa shape index (κ1) is 19.1. The lowest BCUT2D eigenvalue weighted by Gasteiger charge is -2.26. The van der Waals surface area contributed by atoms with Crippen molar-refractivity contribution in [3.8, 4) is 0 Å². The van der Waals surface area contributed by atoms with E-state index in [-0.39, 0.29) is 11.8 Å². The molecule has 3 rings (SSSR count). The van der Waals surface area contributed by atoms with Crippen molar-refractivity contribution in [3.63, 3.8) is 0 Å². The predicted octanol–water partition coefficient (Wildman–Crippen LogP) is 2.89. The predicted molar refractivity (Wildman–Crippen MR) is 106 cm³/mol. The quantitative estimate of drug-likeness (QED) is 0.827. The molecule has 1 aliphatic heterocycles. The van der Waals surface area contributed by atoms with Crippen molar-refractivity contribution in [2.75, 3.05) is 20.1 Å². The Balaban J connectivity index is 1.66. The maximum Gasteiger partial charge on any atom is 0.252 e. The highest BCUT2D eigenvalue weighted by molar-refractivity contribution is 5.97. The molecule has 0 spiro atoms. The largest absolute Gasteiger partial charge is 0.357 e. The lowest BCUT2D eigenvalue weighted by molar-refractivity contribution is -0.122. The molecule has 1 unspecified atom stereocenters. The monoisotopic (exact) mass is 365 g/mol. The van der Waals surface area contributed by atoms with Gasteiger partial charge in [-0.2, -0.15) is 0 Å². The van der Waals surface area contributed by atoms with Gasteiger partial charge in [-0.05, 0) is 49.2 Å². The van der Waals surface area contributed by atoms with E-state index in [0.717, 1.165) is 25.2 Å². The second-order valence-electron chi connectivity index (χ2n) is 6.97. The van der Waals surface area contributed by atoms with E-state index in [1.807, 2.05) is 54.6 Å². The summed E-state index contributed by atoms with van der Waals surface area (Å²) < 4.78 is 0. The summed E-state index contributed by atoms with van der Waals surface area (Å²) in [6.45, 7) is 3.22. The number of carbonyl (C=O) groups excluding carboxylic acids is 2. The molecule has 1 saturated heterocycles. The number of nitrogens with one attached hydrogen (secondary N) is 2. The fourth-order valence-electron chi connectivity index (χ4n) is 3.44. The Bertz CT molecular complexity index is 753. The number of rotatable bonds is 6. The summed E-state index contributed by atoms with van der Waals surface area (Å²) in [6.07, 6.45) is 3.85. The molecule has 0 saturated carbocycles. The van der Waals surface area contributed by atoms with Crippen LogP contribution in [0.3, 0.4) is 0 Å². The van der Waals surface area contributed by atoms with Crippen LogP contribution < -0.4 is 10.6 Å². The van der Waals surface area contributed by atoms with Crippen LogP contribution in [0.1, 0.15) is 46.8 Å². The summed E-state index contributed by atoms with van der Waals surface area (Å²) in [4.78, 5) is 27.3. The van der Waals surface area contributed by atoms with Crippen molar-refractivity contribution in [2.24, 2.45) is 0 Å². The second-order valence-corrected chi connectivity index (χ2v) is 6.97. The topological polar surface area (TPSA) is 61.4 Å². The molecule has 5 nitrogen and oxygen atoms in total. The van der Waals surface area contributed by atoms with Crippen LogP contribution in [-0.4, -0.2) is 36.9 Å². The Labute approximate surface area is 160 Å². The number of likely N-dealkylation sites (N-methyl/N-ethyl adjacent to an activating group) is 1. The highest BCUT2D eigenvalue weighted by Gasteiger charge is 2.22. The fourth-order valence-corrected chi connectivity index (χ4v) is 3.44. The molecular formula is C22H27N3O2. The smallest absolute Gasteiger partial charge is 0.252 e. The summed E-state index contributed by atoms with van der Waals surface area (Å²) in [5.74, 6) is -0.492. The molecule has 1 aliphatic rings. The number of amides is 2. The van der Waals surface area contributed by atoms with E-state index in [4.69, 9.17) is 0 Å². The third kappa shape index (κ3) is 5.17. The molecule has 0 bridgehead atoms. The van der Waals surface area contributed by atoms with Gasteiger partial charge in [0.2, 0.25) is 5.91 Å². The van der Waals surface area contributed by atoms with E-state index in [1.165, 1.54) is 24.8 Å². The highest BCUT2D eigenvalue weighted by atomic mass is 16.2. The third-order valence-corrected chi connectivity index (χ3v) is 4.99. The number of nitrogens with zero attached hydrogens (tertiary/aromatic N) is 1. The van der Waals surface area contributed by atoms with Gasteiger partial charge in [0.1, 0.15) is 6.04 Å². The number of hydrogen-bond acceptors (Lipinski definition) is 3. The molecule has 2 N–H and O–H groups in total. The first-order valence-electron chi connectivity index (χ1n) is 9.56. The molecule has 2 aromatic rings. The van der Waals surface area contributed by atoms with E-state index >= 15 is 0 Å². The molecule has 1 heterocycles. The Morgan fingerprint density at radius 1 is 0.963 bits per heavy atom. The molecule has 5 heteroatoms. The van der Waals surface area contributed by atoms with Crippen molar-refractivity contribution in [2.45, 2.75) is 31.8 Å². The van der Waals surface area contributed by atoms with Crippen LogP contribution in [-0.2, 0) is 11.3 Å². The lowest BCUT2D eigenvalue weighted by atomic mass is 10.0. The number of benzene rings is 2. The van der Waals surface area contributed by atoms with E-state index in [0.29, 0.717) is 5.56 Å². The van der Waals surface area contributed by atoms with Crippen molar-refractivity contribution < 1.29 is 9.59 Å². The molecular weight excluding hydrogens is 338 g/mol.